The molecule has 1 fully saturated rings. The van der Waals surface area contributed by atoms with E-state index in [1.54, 1.807) is 12.4 Å². The molecule has 0 atom stereocenters. The van der Waals surface area contributed by atoms with Crippen molar-refractivity contribution in [3.05, 3.63) is 11.6 Å². The molecule has 3 nitrogen and oxygen atoms in total. The van der Waals surface area contributed by atoms with Crippen LogP contribution in [0, 0.1) is 11.3 Å². The fourth-order valence-electron chi connectivity index (χ4n) is 2.00. The van der Waals surface area contributed by atoms with Crippen LogP contribution in [0.1, 0.15) is 33.1 Å². The summed E-state index contributed by atoms with van der Waals surface area (Å²) in [6.45, 7) is 6.15. The third-order valence-electron chi connectivity index (χ3n) is 2.90. The summed E-state index contributed by atoms with van der Waals surface area (Å²) in [7, 11) is 0. The average molecular weight is 205 g/mol. The lowest BCUT2D eigenvalue weighted by Crippen LogP contribution is -2.45. The SMILES string of the molecule is CC(C)(C=C([C]=O)C#N)N1CCCCC1. The Morgan fingerprint density at radius 1 is 1.33 bits per heavy atom. The lowest BCUT2D eigenvalue weighted by atomic mass is 9.96. The van der Waals surface area contributed by atoms with E-state index in [1.807, 2.05) is 19.9 Å². The van der Waals surface area contributed by atoms with Crippen LogP contribution in [0.3, 0.4) is 0 Å². The molecule has 0 unspecified atom stereocenters. The largest absolute Gasteiger partial charge is 0.295 e. The van der Waals surface area contributed by atoms with Gasteiger partial charge in [0.1, 0.15) is 11.6 Å². The van der Waals surface area contributed by atoms with Gasteiger partial charge in [-0.25, -0.2) is 0 Å². The van der Waals surface area contributed by atoms with Gasteiger partial charge in [0.2, 0.25) is 6.29 Å². The first-order chi connectivity index (χ1) is 7.10. The zero-order chi connectivity index (χ0) is 11.3. The summed E-state index contributed by atoms with van der Waals surface area (Å²) in [4.78, 5) is 12.8. The van der Waals surface area contributed by atoms with Gasteiger partial charge in [0.05, 0.1) is 0 Å². The van der Waals surface area contributed by atoms with Crippen molar-refractivity contribution < 1.29 is 4.79 Å². The van der Waals surface area contributed by atoms with Crippen molar-refractivity contribution >= 4 is 6.29 Å². The highest BCUT2D eigenvalue weighted by molar-refractivity contribution is 5.79. The Hall–Kier alpha value is -1.14. The van der Waals surface area contributed by atoms with Gasteiger partial charge in [0.25, 0.3) is 0 Å². The number of nitriles is 1. The molecular weight excluding hydrogens is 188 g/mol. The Morgan fingerprint density at radius 2 is 1.93 bits per heavy atom. The van der Waals surface area contributed by atoms with Crippen molar-refractivity contribution in [1.82, 2.24) is 4.90 Å². The van der Waals surface area contributed by atoms with Crippen LogP contribution in [-0.4, -0.2) is 29.8 Å². The quantitative estimate of drug-likeness (QED) is 0.521. The lowest BCUT2D eigenvalue weighted by Gasteiger charge is -2.39. The molecule has 1 rings (SSSR count). The Labute approximate surface area is 91.4 Å². The van der Waals surface area contributed by atoms with Crippen molar-refractivity contribution in [3.8, 4) is 6.07 Å². The number of piperidine rings is 1. The van der Waals surface area contributed by atoms with Gasteiger partial charge in [-0.1, -0.05) is 6.42 Å². The Kier molecular flexibility index (Phi) is 4.05. The first kappa shape index (κ1) is 11.9. The molecule has 0 aliphatic carbocycles. The van der Waals surface area contributed by atoms with Gasteiger partial charge in [-0.15, -0.1) is 0 Å². The molecule has 1 heterocycles. The topological polar surface area (TPSA) is 44.1 Å². The third-order valence-corrected chi connectivity index (χ3v) is 2.90. The van der Waals surface area contributed by atoms with E-state index in [2.05, 4.69) is 4.90 Å². The zero-order valence-electron chi connectivity index (χ0n) is 9.42. The molecule has 0 N–H and O–H groups in total. The van der Waals surface area contributed by atoms with Gasteiger partial charge in [-0.05, 0) is 45.9 Å². The minimum atomic E-state index is -0.219. The van der Waals surface area contributed by atoms with Gasteiger partial charge in [-0.3, -0.25) is 9.69 Å². The van der Waals surface area contributed by atoms with Gasteiger partial charge < -0.3 is 0 Å². The maximum Gasteiger partial charge on any atom is 0.244 e. The number of allylic oxidation sites excluding steroid dienone is 1. The van der Waals surface area contributed by atoms with E-state index in [0.29, 0.717) is 0 Å². The van der Waals surface area contributed by atoms with Crippen LogP contribution in [-0.2, 0) is 4.79 Å². The fraction of sp³-hybridized carbons (Fsp3) is 0.667. The van der Waals surface area contributed by atoms with Gasteiger partial charge >= 0.3 is 0 Å². The number of likely N-dealkylation sites (tertiary alicyclic amines) is 1. The van der Waals surface area contributed by atoms with Crippen molar-refractivity contribution in [2.24, 2.45) is 0 Å². The molecule has 3 heteroatoms. The van der Waals surface area contributed by atoms with Gasteiger partial charge in [0, 0.05) is 5.54 Å². The van der Waals surface area contributed by atoms with Crippen LogP contribution < -0.4 is 0 Å². The molecule has 1 aliphatic rings. The van der Waals surface area contributed by atoms with Crippen molar-refractivity contribution in [1.29, 1.82) is 5.26 Å². The third kappa shape index (κ3) is 3.17. The highest BCUT2D eigenvalue weighted by Crippen LogP contribution is 2.22. The standard InChI is InChI=1S/C12H17N2O/c1-12(2,8-11(9-13)10-15)14-6-4-3-5-7-14/h8H,3-7H2,1-2H3. The second-order valence-electron chi connectivity index (χ2n) is 4.47. The molecule has 0 aromatic rings. The van der Waals surface area contributed by atoms with Crippen LogP contribution in [0.25, 0.3) is 0 Å². The summed E-state index contributed by atoms with van der Waals surface area (Å²) in [6.07, 6.45) is 7.06. The summed E-state index contributed by atoms with van der Waals surface area (Å²) >= 11 is 0. The Morgan fingerprint density at radius 3 is 2.40 bits per heavy atom. The normalized spacial score (nSPS) is 19.7. The van der Waals surface area contributed by atoms with E-state index in [4.69, 9.17) is 5.26 Å². The van der Waals surface area contributed by atoms with Crippen LogP contribution in [0.2, 0.25) is 0 Å². The lowest BCUT2D eigenvalue weighted by molar-refractivity contribution is 0.132. The highest BCUT2D eigenvalue weighted by atomic mass is 16.1. The van der Waals surface area contributed by atoms with Crippen molar-refractivity contribution in [2.45, 2.75) is 38.6 Å². The summed E-state index contributed by atoms with van der Waals surface area (Å²) in [5, 5.41) is 8.69. The maximum absolute atomic E-state index is 10.5. The number of nitrogens with zero attached hydrogens (tertiary/aromatic N) is 2. The molecule has 1 saturated heterocycles. The van der Waals surface area contributed by atoms with Gasteiger partial charge in [0.15, 0.2) is 0 Å². The second-order valence-corrected chi connectivity index (χ2v) is 4.47. The number of hydrogen-bond acceptors (Lipinski definition) is 3. The molecule has 0 amide bonds. The summed E-state index contributed by atoms with van der Waals surface area (Å²) in [6, 6.07) is 1.86. The fourth-order valence-corrected chi connectivity index (χ4v) is 2.00. The second kappa shape index (κ2) is 5.09. The maximum atomic E-state index is 10.5. The smallest absolute Gasteiger partial charge is 0.244 e. The molecule has 0 saturated carbocycles. The van der Waals surface area contributed by atoms with E-state index in [9.17, 15) is 4.79 Å². The van der Waals surface area contributed by atoms with E-state index in [1.165, 1.54) is 19.3 Å². The molecular formula is C12H17N2O. The van der Waals surface area contributed by atoms with E-state index < -0.39 is 0 Å². The van der Waals surface area contributed by atoms with Crippen LogP contribution >= 0.6 is 0 Å². The molecule has 15 heavy (non-hydrogen) atoms. The number of hydrogen-bond donors (Lipinski definition) is 0. The molecule has 1 aliphatic heterocycles. The van der Waals surface area contributed by atoms with E-state index in [0.717, 1.165) is 13.1 Å². The average Bonchev–Trinajstić information content (AvgIpc) is 2.27. The van der Waals surface area contributed by atoms with Crippen LogP contribution in [0.15, 0.2) is 11.6 Å². The summed E-state index contributed by atoms with van der Waals surface area (Å²) < 4.78 is 0. The molecule has 0 spiro atoms. The van der Waals surface area contributed by atoms with Crippen LogP contribution in [0.5, 0.6) is 0 Å². The minimum Gasteiger partial charge on any atom is -0.295 e. The molecule has 0 bridgehead atoms. The predicted molar refractivity (Wildman–Crippen MR) is 58.9 cm³/mol. The molecule has 0 aromatic heterocycles. The van der Waals surface area contributed by atoms with Crippen molar-refractivity contribution in [2.75, 3.05) is 13.1 Å². The van der Waals surface area contributed by atoms with Crippen LogP contribution in [0.4, 0.5) is 0 Å². The predicted octanol–water partition coefficient (Wildman–Crippen LogP) is 1.81. The Bertz CT molecular complexity index is 293. The molecule has 0 aromatic carbocycles. The highest BCUT2D eigenvalue weighted by Gasteiger charge is 2.26. The Balaban J connectivity index is 2.76. The summed E-state index contributed by atoms with van der Waals surface area (Å²) in [5.41, 5.74) is -0.117. The van der Waals surface area contributed by atoms with E-state index >= 15 is 0 Å². The minimum absolute atomic E-state index is 0.102. The van der Waals surface area contributed by atoms with Gasteiger partial charge in [-0.2, -0.15) is 5.26 Å². The summed E-state index contributed by atoms with van der Waals surface area (Å²) in [5.74, 6) is 0. The zero-order valence-corrected chi connectivity index (χ0v) is 9.42. The number of carbonyl (C=O) groups excluding carboxylic acids is 1. The number of rotatable bonds is 3. The van der Waals surface area contributed by atoms with E-state index in [-0.39, 0.29) is 11.1 Å². The van der Waals surface area contributed by atoms with Crippen molar-refractivity contribution in [3.63, 3.8) is 0 Å². The molecule has 81 valence electrons. The molecule has 1 radical (unpaired) electrons. The monoisotopic (exact) mass is 205 g/mol. The first-order valence-electron chi connectivity index (χ1n) is 5.36. The first-order valence-corrected chi connectivity index (χ1v) is 5.36.